The molecule has 0 aliphatic carbocycles. The first-order chi connectivity index (χ1) is 12.0. The van der Waals surface area contributed by atoms with E-state index in [9.17, 15) is 4.79 Å². The second-order valence-corrected chi connectivity index (χ2v) is 6.76. The monoisotopic (exact) mass is 349 g/mol. The van der Waals surface area contributed by atoms with Crippen LogP contribution in [0, 0.1) is 0 Å². The zero-order valence-corrected chi connectivity index (χ0v) is 16.1. The molecule has 142 valence electrons. The maximum atomic E-state index is 10.5. The first kappa shape index (κ1) is 21.5. The van der Waals surface area contributed by atoms with Crippen LogP contribution < -0.4 is 5.32 Å². The molecule has 1 aromatic rings. The minimum Gasteiger partial charge on any atom is -0.465 e. The van der Waals surface area contributed by atoms with Crippen LogP contribution in [-0.2, 0) is 13.1 Å². The van der Waals surface area contributed by atoms with Gasteiger partial charge < -0.3 is 20.2 Å². The molecule has 0 saturated heterocycles. The van der Waals surface area contributed by atoms with Crippen LogP contribution in [0.3, 0.4) is 0 Å². The quantitative estimate of drug-likeness (QED) is 0.532. The van der Waals surface area contributed by atoms with E-state index in [-0.39, 0.29) is 0 Å². The molecule has 0 unspecified atom stereocenters. The number of nitrogens with zero attached hydrogens (tertiary/aromatic N) is 2. The molecule has 0 aliphatic heterocycles. The lowest BCUT2D eigenvalue weighted by Gasteiger charge is -2.22. The van der Waals surface area contributed by atoms with E-state index in [2.05, 4.69) is 48.1 Å². The van der Waals surface area contributed by atoms with Crippen molar-refractivity contribution in [2.24, 2.45) is 0 Å². The maximum absolute atomic E-state index is 10.5. The fraction of sp³-hybridized carbons (Fsp3) is 0.650. The van der Waals surface area contributed by atoms with Crippen molar-refractivity contribution in [1.29, 1.82) is 0 Å². The summed E-state index contributed by atoms with van der Waals surface area (Å²) in [5.41, 5.74) is 2.25. The second kappa shape index (κ2) is 12.7. The number of amides is 1. The Morgan fingerprint density at radius 1 is 0.960 bits per heavy atom. The Morgan fingerprint density at radius 2 is 1.52 bits per heavy atom. The van der Waals surface area contributed by atoms with E-state index in [0.29, 0.717) is 6.54 Å². The van der Waals surface area contributed by atoms with Crippen LogP contribution in [0.2, 0.25) is 0 Å². The van der Waals surface area contributed by atoms with Crippen LogP contribution >= 0.6 is 0 Å². The summed E-state index contributed by atoms with van der Waals surface area (Å²) in [4.78, 5) is 15.4. The molecule has 0 atom stereocenters. The number of rotatable bonds is 13. The van der Waals surface area contributed by atoms with E-state index < -0.39 is 6.09 Å². The van der Waals surface area contributed by atoms with E-state index in [4.69, 9.17) is 5.11 Å². The molecule has 1 rings (SSSR count). The predicted octanol–water partition coefficient (Wildman–Crippen LogP) is 3.79. The van der Waals surface area contributed by atoms with Gasteiger partial charge in [-0.15, -0.1) is 0 Å². The van der Waals surface area contributed by atoms with Gasteiger partial charge in [-0.3, -0.25) is 0 Å². The van der Waals surface area contributed by atoms with Crippen molar-refractivity contribution in [3.63, 3.8) is 0 Å². The molecule has 2 N–H and O–H groups in total. The number of carbonyl (C=O) groups is 1. The van der Waals surface area contributed by atoms with Gasteiger partial charge in [-0.2, -0.15) is 0 Å². The highest BCUT2D eigenvalue weighted by molar-refractivity contribution is 5.64. The number of carboxylic acid groups (broad SMARTS) is 1. The van der Waals surface area contributed by atoms with Gasteiger partial charge in [-0.1, -0.05) is 38.1 Å². The lowest BCUT2D eigenvalue weighted by Crippen LogP contribution is -2.27. The molecule has 0 aromatic heterocycles. The molecular formula is C20H35N3O2. The van der Waals surface area contributed by atoms with E-state index >= 15 is 0 Å². The van der Waals surface area contributed by atoms with Crippen LogP contribution in [0.1, 0.15) is 50.7 Å². The number of hydrogen-bond donors (Lipinski definition) is 2. The van der Waals surface area contributed by atoms with Gasteiger partial charge in [0.2, 0.25) is 0 Å². The van der Waals surface area contributed by atoms with Crippen molar-refractivity contribution in [2.45, 2.75) is 52.6 Å². The Morgan fingerprint density at radius 3 is 2.08 bits per heavy atom. The predicted molar refractivity (Wildman–Crippen MR) is 104 cm³/mol. The van der Waals surface area contributed by atoms with Crippen LogP contribution in [0.5, 0.6) is 0 Å². The van der Waals surface area contributed by atoms with E-state index in [1.54, 1.807) is 0 Å². The van der Waals surface area contributed by atoms with Gasteiger partial charge >= 0.3 is 6.09 Å². The molecule has 1 amide bonds. The molecule has 0 saturated carbocycles. The molecular weight excluding hydrogens is 314 g/mol. The summed E-state index contributed by atoms with van der Waals surface area (Å²) >= 11 is 0. The summed E-state index contributed by atoms with van der Waals surface area (Å²) in [5, 5.41) is 11.0. The highest BCUT2D eigenvalue weighted by Gasteiger charge is 2.04. The van der Waals surface area contributed by atoms with Gasteiger partial charge in [0.15, 0.2) is 0 Å². The molecule has 1 aromatic carbocycles. The van der Waals surface area contributed by atoms with Crippen LogP contribution in [0.4, 0.5) is 4.79 Å². The molecule has 0 spiro atoms. The molecule has 0 radical (unpaired) electrons. The van der Waals surface area contributed by atoms with Gasteiger partial charge in [0, 0.05) is 13.1 Å². The summed E-state index contributed by atoms with van der Waals surface area (Å²) < 4.78 is 0. The smallest absolute Gasteiger partial charge is 0.404 e. The summed E-state index contributed by atoms with van der Waals surface area (Å²) in [7, 11) is 2.16. The average molecular weight is 350 g/mol. The van der Waals surface area contributed by atoms with Crippen molar-refractivity contribution >= 4 is 6.09 Å². The maximum Gasteiger partial charge on any atom is 0.404 e. The summed E-state index contributed by atoms with van der Waals surface area (Å²) in [6.07, 6.45) is 3.96. The van der Waals surface area contributed by atoms with Gasteiger partial charge in [0.05, 0.1) is 0 Å². The van der Waals surface area contributed by atoms with Crippen LogP contribution in [-0.4, -0.2) is 54.2 Å². The lowest BCUT2D eigenvalue weighted by atomic mass is 10.1. The van der Waals surface area contributed by atoms with E-state index in [0.717, 1.165) is 18.7 Å². The molecule has 0 heterocycles. The number of nitrogens with one attached hydrogen (secondary N) is 1. The third kappa shape index (κ3) is 10.1. The SMILES string of the molecule is CCCN(CCC)CCCCN(C)Cc1ccc(CNC(=O)O)cc1. The fourth-order valence-electron chi connectivity index (χ4n) is 3.02. The van der Waals surface area contributed by atoms with Gasteiger partial charge in [-0.25, -0.2) is 4.79 Å². The highest BCUT2D eigenvalue weighted by Crippen LogP contribution is 2.08. The Balaban J connectivity index is 2.25. The van der Waals surface area contributed by atoms with Crippen molar-refractivity contribution in [1.82, 2.24) is 15.1 Å². The van der Waals surface area contributed by atoms with Crippen molar-refractivity contribution < 1.29 is 9.90 Å². The first-order valence-electron chi connectivity index (χ1n) is 9.50. The zero-order chi connectivity index (χ0) is 18.5. The third-order valence-corrected chi connectivity index (χ3v) is 4.26. The molecule has 0 aliphatic rings. The number of benzene rings is 1. The first-order valence-corrected chi connectivity index (χ1v) is 9.50. The summed E-state index contributed by atoms with van der Waals surface area (Å²) in [5.74, 6) is 0. The zero-order valence-electron chi connectivity index (χ0n) is 16.1. The van der Waals surface area contributed by atoms with Gasteiger partial charge in [0.25, 0.3) is 0 Å². The minimum atomic E-state index is -0.986. The largest absolute Gasteiger partial charge is 0.465 e. The molecule has 0 fully saturated rings. The van der Waals surface area contributed by atoms with Crippen LogP contribution in [0.25, 0.3) is 0 Å². The van der Waals surface area contributed by atoms with Gasteiger partial charge in [0.1, 0.15) is 0 Å². The molecule has 5 nitrogen and oxygen atoms in total. The highest BCUT2D eigenvalue weighted by atomic mass is 16.4. The van der Waals surface area contributed by atoms with Crippen molar-refractivity contribution in [2.75, 3.05) is 33.2 Å². The van der Waals surface area contributed by atoms with E-state index in [1.165, 1.54) is 50.9 Å². The Kier molecular flexibility index (Phi) is 10.9. The standard InChI is InChI=1S/C20H35N3O2/c1-4-12-23(13-5-2)15-7-6-14-22(3)17-19-10-8-18(9-11-19)16-21-20(24)25/h8-11,21H,4-7,12-17H2,1-3H3,(H,24,25). The Hall–Kier alpha value is -1.59. The summed E-state index contributed by atoms with van der Waals surface area (Å²) in [6, 6.07) is 8.15. The Labute approximate surface area is 153 Å². The Bertz CT molecular complexity index is 470. The van der Waals surface area contributed by atoms with Gasteiger partial charge in [-0.05, 0) is 70.0 Å². The van der Waals surface area contributed by atoms with E-state index in [1.807, 2.05) is 12.1 Å². The molecule has 0 bridgehead atoms. The van der Waals surface area contributed by atoms with Crippen LogP contribution in [0.15, 0.2) is 24.3 Å². The normalized spacial score (nSPS) is 11.2. The summed E-state index contributed by atoms with van der Waals surface area (Å²) in [6.45, 7) is 10.5. The topological polar surface area (TPSA) is 55.8 Å². The third-order valence-electron chi connectivity index (χ3n) is 4.26. The lowest BCUT2D eigenvalue weighted by molar-refractivity contribution is 0.194. The number of unbranched alkanes of at least 4 members (excludes halogenated alkanes) is 1. The molecule has 5 heteroatoms. The number of hydrogen-bond acceptors (Lipinski definition) is 3. The van der Waals surface area contributed by atoms with Crippen molar-refractivity contribution in [3.8, 4) is 0 Å². The average Bonchev–Trinajstić information content (AvgIpc) is 2.58. The molecule has 25 heavy (non-hydrogen) atoms. The second-order valence-electron chi connectivity index (χ2n) is 6.76. The van der Waals surface area contributed by atoms with Crippen molar-refractivity contribution in [3.05, 3.63) is 35.4 Å². The minimum absolute atomic E-state index is 0.359. The fourth-order valence-corrected chi connectivity index (χ4v) is 3.02.